The Bertz CT molecular complexity index is 1210. The van der Waals surface area contributed by atoms with Gasteiger partial charge >= 0.3 is 24.2 Å². The zero-order chi connectivity index (χ0) is 31.4. The van der Waals surface area contributed by atoms with Gasteiger partial charge in [0.25, 0.3) is 0 Å². The molecule has 0 saturated carbocycles. The summed E-state index contributed by atoms with van der Waals surface area (Å²) in [5, 5.41) is 0. The van der Waals surface area contributed by atoms with Gasteiger partial charge in [0, 0.05) is 12.8 Å². The predicted molar refractivity (Wildman–Crippen MR) is 153 cm³/mol. The van der Waals surface area contributed by atoms with E-state index in [9.17, 15) is 19.2 Å². The van der Waals surface area contributed by atoms with E-state index in [0.29, 0.717) is 11.1 Å². The Morgan fingerprint density at radius 2 is 1.33 bits per heavy atom. The minimum Gasteiger partial charge on any atom is -0.468 e. The molecule has 2 aromatic rings. The Hall–Kier alpha value is -4.12. The molecule has 0 aliphatic heterocycles. The lowest BCUT2D eigenvalue weighted by atomic mass is 9.88. The number of nitrogens with two attached hydrogens (primary N) is 1. The molecular weight excluding hydrogens is 546 g/mol. The minimum atomic E-state index is -1.61. The molecule has 0 spiro atoms. The van der Waals surface area contributed by atoms with Gasteiger partial charge in [0.2, 0.25) is 0 Å². The zero-order valence-electron chi connectivity index (χ0n) is 25.2. The molecule has 0 heterocycles. The molecule has 0 aromatic heterocycles. The predicted octanol–water partition coefficient (Wildman–Crippen LogP) is 5.47. The molecule has 3 atom stereocenters. The van der Waals surface area contributed by atoms with E-state index in [0.717, 1.165) is 0 Å². The van der Waals surface area contributed by atoms with Crippen LogP contribution in [-0.2, 0) is 30.2 Å². The molecule has 0 radical (unpaired) electrons. The van der Waals surface area contributed by atoms with E-state index < -0.39 is 42.0 Å². The van der Waals surface area contributed by atoms with Crippen molar-refractivity contribution in [3.05, 3.63) is 59.7 Å². The van der Waals surface area contributed by atoms with Crippen LogP contribution in [0.2, 0.25) is 0 Å². The van der Waals surface area contributed by atoms with Crippen molar-refractivity contribution in [3.63, 3.8) is 0 Å². The fourth-order valence-corrected chi connectivity index (χ4v) is 3.44. The van der Waals surface area contributed by atoms with Crippen LogP contribution in [0.25, 0.3) is 0 Å². The second-order valence-electron chi connectivity index (χ2n) is 10.7. The van der Waals surface area contributed by atoms with Crippen molar-refractivity contribution >= 4 is 24.2 Å². The van der Waals surface area contributed by atoms with Crippen molar-refractivity contribution in [1.29, 1.82) is 0 Å². The highest BCUT2D eigenvalue weighted by Gasteiger charge is 2.36. The molecule has 2 rings (SSSR count). The summed E-state index contributed by atoms with van der Waals surface area (Å²) in [7, 11) is 1.20. The topological polar surface area (TPSA) is 150 Å². The van der Waals surface area contributed by atoms with E-state index in [1.165, 1.54) is 19.2 Å². The summed E-state index contributed by atoms with van der Waals surface area (Å²) in [6.45, 7) is 10.8. The number of esters is 2. The van der Waals surface area contributed by atoms with Gasteiger partial charge in [-0.3, -0.25) is 4.79 Å². The largest absolute Gasteiger partial charge is 0.514 e. The molecule has 11 nitrogen and oxygen atoms in total. The van der Waals surface area contributed by atoms with E-state index in [1.54, 1.807) is 50.2 Å². The Labute approximate surface area is 246 Å². The third kappa shape index (κ3) is 10.4. The van der Waals surface area contributed by atoms with Crippen LogP contribution in [0.4, 0.5) is 9.59 Å². The van der Waals surface area contributed by atoms with Crippen molar-refractivity contribution < 1.29 is 47.6 Å². The molecule has 11 heteroatoms. The normalized spacial score (nSPS) is 13.9. The maximum absolute atomic E-state index is 12.7. The molecular formula is C31H41NO10. The van der Waals surface area contributed by atoms with Crippen LogP contribution in [-0.4, -0.2) is 55.7 Å². The average Bonchev–Trinajstić information content (AvgIpc) is 2.94. The van der Waals surface area contributed by atoms with Crippen LogP contribution >= 0.6 is 0 Å². The van der Waals surface area contributed by atoms with Gasteiger partial charge in [-0.25, -0.2) is 14.4 Å². The van der Waals surface area contributed by atoms with E-state index in [4.69, 9.17) is 34.2 Å². The van der Waals surface area contributed by atoms with Crippen LogP contribution in [0.5, 0.6) is 11.5 Å². The second kappa shape index (κ2) is 15.8. The van der Waals surface area contributed by atoms with Crippen molar-refractivity contribution in [2.45, 2.75) is 72.1 Å². The van der Waals surface area contributed by atoms with Gasteiger partial charge < -0.3 is 34.2 Å². The summed E-state index contributed by atoms with van der Waals surface area (Å²) in [6.07, 6.45) is -3.03. The Morgan fingerprint density at radius 3 is 1.86 bits per heavy atom. The first-order valence-corrected chi connectivity index (χ1v) is 13.7. The first-order valence-electron chi connectivity index (χ1n) is 13.7. The van der Waals surface area contributed by atoms with Gasteiger partial charge in [-0.15, -0.1) is 0 Å². The van der Waals surface area contributed by atoms with E-state index >= 15 is 0 Å². The maximum atomic E-state index is 12.7. The van der Waals surface area contributed by atoms with Gasteiger partial charge in [-0.05, 0) is 55.5 Å². The van der Waals surface area contributed by atoms with E-state index in [2.05, 4.69) is 0 Å². The van der Waals surface area contributed by atoms with Crippen molar-refractivity contribution in [2.75, 3.05) is 13.7 Å². The summed E-state index contributed by atoms with van der Waals surface area (Å²) < 4.78 is 31.5. The number of carbonyl (C=O) groups excluding carboxylic acids is 4. The van der Waals surface area contributed by atoms with Crippen LogP contribution in [0.1, 0.15) is 63.9 Å². The lowest BCUT2D eigenvalue weighted by molar-refractivity contribution is -0.147. The molecule has 42 heavy (non-hydrogen) atoms. The summed E-state index contributed by atoms with van der Waals surface area (Å²) in [4.78, 5) is 50.0. The number of ether oxygens (including phenoxy) is 6. The number of benzene rings is 2. The average molecular weight is 588 g/mol. The van der Waals surface area contributed by atoms with Crippen molar-refractivity contribution in [1.82, 2.24) is 0 Å². The number of hydrogen-bond acceptors (Lipinski definition) is 11. The van der Waals surface area contributed by atoms with Crippen LogP contribution in [0, 0.1) is 11.8 Å². The maximum Gasteiger partial charge on any atom is 0.514 e. The number of methoxy groups -OCH3 is 1. The summed E-state index contributed by atoms with van der Waals surface area (Å²) >= 11 is 0. The number of carbonyl (C=O) groups is 4. The molecule has 1 unspecified atom stereocenters. The Morgan fingerprint density at radius 1 is 0.786 bits per heavy atom. The molecule has 2 N–H and O–H groups in total. The first-order chi connectivity index (χ1) is 19.7. The quantitative estimate of drug-likeness (QED) is 0.181. The van der Waals surface area contributed by atoms with E-state index in [1.807, 2.05) is 27.7 Å². The summed E-state index contributed by atoms with van der Waals surface area (Å²) in [6, 6.07) is 12.7. The monoisotopic (exact) mass is 587 g/mol. The highest BCUT2D eigenvalue weighted by atomic mass is 16.8. The van der Waals surface area contributed by atoms with Gasteiger partial charge in [-0.2, -0.15) is 0 Å². The molecule has 0 fully saturated rings. The fourth-order valence-electron chi connectivity index (χ4n) is 3.44. The van der Waals surface area contributed by atoms with Crippen molar-refractivity contribution in [3.8, 4) is 11.5 Å². The molecule has 0 aliphatic rings. The third-order valence-corrected chi connectivity index (χ3v) is 6.74. The standard InChI is InChI=1S/C31H41NO10/c1-19(2)21(5)39-29(35)41-25-14-13-23(17-26(25)42-30(36)40-22(6)20(3)4)18-31(32,28(34)37-7)15-16-38-27(33)24-11-9-8-10-12-24/h8-14,17,19-22H,15-16,18,32H2,1-7H3/t21-,22?,31+/m0/s1. The van der Waals surface area contributed by atoms with Gasteiger partial charge in [0.1, 0.15) is 17.7 Å². The zero-order valence-corrected chi connectivity index (χ0v) is 25.2. The molecule has 230 valence electrons. The Kier molecular flexibility index (Phi) is 12.8. The number of hydrogen-bond donors (Lipinski definition) is 1. The Balaban J connectivity index is 2.28. The smallest absolute Gasteiger partial charge is 0.468 e. The molecule has 0 bridgehead atoms. The lowest BCUT2D eigenvalue weighted by Crippen LogP contribution is -2.51. The lowest BCUT2D eigenvalue weighted by Gasteiger charge is -2.27. The molecule has 2 aromatic carbocycles. The molecule has 0 aliphatic carbocycles. The van der Waals surface area contributed by atoms with Gasteiger partial charge in [0.05, 0.1) is 19.3 Å². The number of rotatable bonds is 13. The molecule has 0 amide bonds. The summed E-state index contributed by atoms with van der Waals surface area (Å²) in [5.74, 6) is -1.48. The second-order valence-corrected chi connectivity index (χ2v) is 10.7. The van der Waals surface area contributed by atoms with Crippen LogP contribution in [0.3, 0.4) is 0 Å². The molecule has 0 saturated heterocycles. The highest BCUT2D eigenvalue weighted by molar-refractivity contribution is 5.89. The van der Waals surface area contributed by atoms with Gasteiger partial charge in [-0.1, -0.05) is 52.0 Å². The van der Waals surface area contributed by atoms with Gasteiger partial charge in [0.15, 0.2) is 11.5 Å². The van der Waals surface area contributed by atoms with Crippen molar-refractivity contribution in [2.24, 2.45) is 17.6 Å². The van der Waals surface area contributed by atoms with Crippen LogP contribution < -0.4 is 15.2 Å². The summed E-state index contributed by atoms with van der Waals surface area (Å²) in [5.41, 5.74) is 5.65. The fraction of sp³-hybridized carbons (Fsp3) is 0.484. The highest BCUT2D eigenvalue weighted by Crippen LogP contribution is 2.32. The third-order valence-electron chi connectivity index (χ3n) is 6.74. The van der Waals surface area contributed by atoms with E-state index in [-0.39, 0.29) is 42.8 Å². The van der Waals surface area contributed by atoms with Crippen LogP contribution in [0.15, 0.2) is 48.5 Å². The SMILES string of the molecule is COC(=O)[C@@](N)(CCOC(=O)c1ccccc1)Cc1ccc(OC(=O)O[C@@H](C)C(C)C)c(OC(=O)OC(C)C(C)C)c1. The minimum absolute atomic E-state index is 0.0287. The first kappa shape index (κ1) is 34.1.